The van der Waals surface area contributed by atoms with Gasteiger partial charge in [0.05, 0.1) is 32.8 Å². The SMILES string of the molecule is COc1ccc(C#Cc2cnc3c(c2)C(=O)N([C@H](C)CO)C[C@@H](C)[C@@H](CN(C)C(=O)CN(C)C)O3)cc1. The maximum Gasteiger partial charge on any atom is 0.259 e. The second kappa shape index (κ2) is 12.6. The number of nitrogens with zero attached hydrogens (tertiary/aromatic N) is 4. The van der Waals surface area contributed by atoms with E-state index < -0.39 is 12.1 Å². The average molecular weight is 509 g/mol. The fourth-order valence-corrected chi connectivity index (χ4v) is 3.97. The van der Waals surface area contributed by atoms with Crippen molar-refractivity contribution in [2.45, 2.75) is 26.0 Å². The van der Waals surface area contributed by atoms with E-state index in [9.17, 15) is 14.7 Å². The van der Waals surface area contributed by atoms with Crippen LogP contribution in [-0.4, -0.2) is 103 Å². The minimum atomic E-state index is -0.403. The lowest BCUT2D eigenvalue weighted by Crippen LogP contribution is -2.51. The number of aliphatic hydroxyl groups excluding tert-OH is 1. The molecule has 2 heterocycles. The number of ether oxygens (including phenoxy) is 2. The van der Waals surface area contributed by atoms with E-state index in [1.54, 1.807) is 43.1 Å². The minimum absolute atomic E-state index is 0.0307. The Balaban J connectivity index is 1.94. The number of hydrogen-bond donors (Lipinski definition) is 1. The molecule has 9 nitrogen and oxygen atoms in total. The first-order valence-corrected chi connectivity index (χ1v) is 12.3. The molecule has 37 heavy (non-hydrogen) atoms. The first-order chi connectivity index (χ1) is 17.6. The molecule has 0 saturated heterocycles. The molecule has 0 saturated carbocycles. The fourth-order valence-electron chi connectivity index (χ4n) is 3.97. The largest absolute Gasteiger partial charge is 0.497 e. The molecule has 9 heteroatoms. The van der Waals surface area contributed by atoms with Crippen molar-refractivity contribution in [3.05, 3.63) is 53.2 Å². The molecule has 3 atom stereocenters. The van der Waals surface area contributed by atoms with Crippen LogP contribution in [0.4, 0.5) is 0 Å². The fraction of sp³-hybridized carbons (Fsp3) is 0.464. The van der Waals surface area contributed by atoms with Crippen LogP contribution in [0.3, 0.4) is 0 Å². The third-order valence-electron chi connectivity index (χ3n) is 6.29. The highest BCUT2D eigenvalue weighted by Crippen LogP contribution is 2.27. The summed E-state index contributed by atoms with van der Waals surface area (Å²) in [5.74, 6) is 6.65. The summed E-state index contributed by atoms with van der Waals surface area (Å²) in [5.41, 5.74) is 1.64. The van der Waals surface area contributed by atoms with Crippen LogP contribution < -0.4 is 9.47 Å². The number of hydrogen-bond acceptors (Lipinski definition) is 7. The molecule has 1 aliphatic rings. The van der Waals surface area contributed by atoms with Crippen molar-refractivity contribution in [3.63, 3.8) is 0 Å². The van der Waals surface area contributed by atoms with E-state index in [0.29, 0.717) is 18.7 Å². The summed E-state index contributed by atoms with van der Waals surface area (Å²) in [6.07, 6.45) is 1.17. The quantitative estimate of drug-likeness (QED) is 0.569. The van der Waals surface area contributed by atoms with Crippen molar-refractivity contribution in [1.29, 1.82) is 0 Å². The van der Waals surface area contributed by atoms with Gasteiger partial charge in [0.2, 0.25) is 11.8 Å². The molecule has 1 aliphatic heterocycles. The van der Waals surface area contributed by atoms with Crippen molar-refractivity contribution in [2.24, 2.45) is 5.92 Å². The summed E-state index contributed by atoms with van der Waals surface area (Å²) in [7, 11) is 7.03. The van der Waals surface area contributed by atoms with E-state index in [1.165, 1.54) is 0 Å². The van der Waals surface area contributed by atoms with E-state index in [2.05, 4.69) is 16.8 Å². The molecule has 0 fully saturated rings. The Morgan fingerprint density at radius 1 is 1.24 bits per heavy atom. The first kappa shape index (κ1) is 28.0. The van der Waals surface area contributed by atoms with Crippen molar-refractivity contribution >= 4 is 11.8 Å². The van der Waals surface area contributed by atoms with Gasteiger partial charge in [0.1, 0.15) is 17.4 Å². The first-order valence-electron chi connectivity index (χ1n) is 12.3. The monoisotopic (exact) mass is 508 g/mol. The summed E-state index contributed by atoms with van der Waals surface area (Å²) in [6.45, 7) is 4.58. The van der Waals surface area contributed by atoms with E-state index in [0.717, 1.165) is 11.3 Å². The molecule has 0 bridgehead atoms. The zero-order valence-electron chi connectivity index (χ0n) is 22.4. The van der Waals surface area contributed by atoms with Gasteiger partial charge in [-0.25, -0.2) is 4.98 Å². The molecule has 3 rings (SSSR count). The third kappa shape index (κ3) is 7.21. The average Bonchev–Trinajstić information content (AvgIpc) is 2.88. The predicted octanol–water partition coefficient (Wildman–Crippen LogP) is 1.73. The maximum absolute atomic E-state index is 13.6. The lowest BCUT2D eigenvalue weighted by atomic mass is 10.00. The topological polar surface area (TPSA) is 95.4 Å². The summed E-state index contributed by atoms with van der Waals surface area (Å²) >= 11 is 0. The summed E-state index contributed by atoms with van der Waals surface area (Å²) in [5, 5.41) is 9.84. The molecule has 0 spiro atoms. The zero-order chi connectivity index (χ0) is 27.1. The Labute approximate surface area is 219 Å². The second-order valence-corrected chi connectivity index (χ2v) is 9.69. The Morgan fingerprint density at radius 3 is 2.54 bits per heavy atom. The number of pyridine rings is 1. The molecule has 1 N–H and O–H groups in total. The number of fused-ring (bicyclic) bond motifs is 1. The van der Waals surface area contributed by atoms with Gasteiger partial charge in [-0.15, -0.1) is 0 Å². The van der Waals surface area contributed by atoms with Gasteiger partial charge in [-0.3, -0.25) is 9.59 Å². The van der Waals surface area contributed by atoms with Gasteiger partial charge in [-0.1, -0.05) is 18.8 Å². The number of aromatic nitrogens is 1. The van der Waals surface area contributed by atoms with Crippen molar-refractivity contribution in [2.75, 3.05) is 54.5 Å². The van der Waals surface area contributed by atoms with Gasteiger partial charge in [0.25, 0.3) is 5.91 Å². The molecule has 2 aromatic rings. The number of carbonyl (C=O) groups is 2. The van der Waals surface area contributed by atoms with Crippen molar-refractivity contribution < 1.29 is 24.2 Å². The molecule has 0 radical (unpaired) electrons. The molecule has 1 aromatic heterocycles. The van der Waals surface area contributed by atoms with E-state index in [4.69, 9.17) is 9.47 Å². The van der Waals surface area contributed by atoms with Gasteiger partial charge in [0, 0.05) is 36.8 Å². The van der Waals surface area contributed by atoms with Crippen LogP contribution in [0.5, 0.6) is 11.6 Å². The lowest BCUT2D eigenvalue weighted by Gasteiger charge is -2.37. The highest BCUT2D eigenvalue weighted by molar-refractivity contribution is 5.97. The normalized spacial score (nSPS) is 18.1. The van der Waals surface area contributed by atoms with Crippen LogP contribution in [0, 0.1) is 17.8 Å². The standard InChI is InChI=1S/C28H36N4O5/c1-19-15-32(20(2)18-33)28(35)24-13-22(8-7-21-9-11-23(36-6)12-10-21)14-29-27(24)37-25(19)16-31(5)26(34)17-30(3)4/h9-14,19-20,25,33H,15-18H2,1-6H3/t19-,20-,25-/m1/s1. The van der Waals surface area contributed by atoms with Crippen LogP contribution in [0.15, 0.2) is 36.5 Å². The minimum Gasteiger partial charge on any atom is -0.497 e. The lowest BCUT2D eigenvalue weighted by molar-refractivity contribution is -0.132. The number of benzene rings is 1. The number of aliphatic hydroxyl groups is 1. The zero-order valence-corrected chi connectivity index (χ0v) is 22.4. The van der Waals surface area contributed by atoms with Crippen molar-refractivity contribution in [3.8, 4) is 23.5 Å². The van der Waals surface area contributed by atoms with E-state index in [1.807, 2.05) is 50.2 Å². The van der Waals surface area contributed by atoms with Crippen LogP contribution in [-0.2, 0) is 4.79 Å². The van der Waals surface area contributed by atoms with Crippen LogP contribution >= 0.6 is 0 Å². The summed E-state index contributed by atoms with van der Waals surface area (Å²) < 4.78 is 11.4. The van der Waals surface area contributed by atoms with Gasteiger partial charge < -0.3 is 29.3 Å². The molecular formula is C28H36N4O5. The Kier molecular flexibility index (Phi) is 9.50. The third-order valence-corrected chi connectivity index (χ3v) is 6.29. The molecule has 1 aromatic carbocycles. The number of methoxy groups -OCH3 is 1. The van der Waals surface area contributed by atoms with Gasteiger partial charge in [0.15, 0.2) is 0 Å². The van der Waals surface area contributed by atoms with Crippen LogP contribution in [0.25, 0.3) is 0 Å². The highest BCUT2D eigenvalue weighted by atomic mass is 16.5. The highest BCUT2D eigenvalue weighted by Gasteiger charge is 2.34. The maximum atomic E-state index is 13.6. The van der Waals surface area contributed by atoms with E-state index >= 15 is 0 Å². The smallest absolute Gasteiger partial charge is 0.259 e. The van der Waals surface area contributed by atoms with Crippen molar-refractivity contribution in [1.82, 2.24) is 19.7 Å². The number of amides is 2. The predicted molar refractivity (Wildman–Crippen MR) is 141 cm³/mol. The van der Waals surface area contributed by atoms with Gasteiger partial charge in [-0.05, 0) is 51.4 Å². The molecule has 0 unspecified atom stereocenters. The number of rotatable bonds is 7. The molecular weight excluding hydrogens is 472 g/mol. The Bertz CT molecular complexity index is 1160. The molecule has 0 aliphatic carbocycles. The van der Waals surface area contributed by atoms with Gasteiger partial charge in [-0.2, -0.15) is 0 Å². The molecule has 2 amide bonds. The van der Waals surface area contributed by atoms with E-state index in [-0.39, 0.29) is 42.3 Å². The van der Waals surface area contributed by atoms with Crippen LogP contribution in [0.1, 0.15) is 35.3 Å². The second-order valence-electron chi connectivity index (χ2n) is 9.69. The molecule has 198 valence electrons. The summed E-state index contributed by atoms with van der Waals surface area (Å²) in [4.78, 5) is 35.7. The van der Waals surface area contributed by atoms with Gasteiger partial charge >= 0.3 is 0 Å². The Morgan fingerprint density at radius 2 is 1.92 bits per heavy atom. The number of carbonyl (C=O) groups excluding carboxylic acids is 2. The summed E-state index contributed by atoms with van der Waals surface area (Å²) in [6, 6.07) is 8.64. The van der Waals surface area contributed by atoms with Crippen LogP contribution in [0.2, 0.25) is 0 Å². The Hall–Kier alpha value is -3.61. The number of likely N-dealkylation sites (N-methyl/N-ethyl adjacent to an activating group) is 2.